The average molecular weight is 298 g/mol. The molecule has 1 aromatic carbocycles. The van der Waals surface area contributed by atoms with Crippen molar-refractivity contribution in [1.29, 1.82) is 0 Å². The second kappa shape index (κ2) is 6.38. The quantitative estimate of drug-likeness (QED) is 0.874. The monoisotopic (exact) mass is 297 g/mol. The number of H-pyrrole nitrogens is 1. The summed E-state index contributed by atoms with van der Waals surface area (Å²) in [5.41, 5.74) is 0. The van der Waals surface area contributed by atoms with Crippen LogP contribution in [0.2, 0.25) is 0 Å². The van der Waals surface area contributed by atoms with E-state index in [4.69, 9.17) is 0 Å². The molecule has 17 heavy (non-hydrogen) atoms. The molecule has 0 amide bonds. The molecule has 0 saturated heterocycles. The first-order valence-corrected chi connectivity index (χ1v) is 5.48. The third kappa shape index (κ3) is 3.84. The van der Waals surface area contributed by atoms with Gasteiger partial charge in [-0.05, 0) is 17.3 Å². The standard InChI is InChI=1S/C7H7N5O2S.2ClH/c13-15(14,6-4-2-1-3-5-6)10-7-8-11-12-9-7;;/h1-5H,(H2,8,9,10,11,12);2*1H. The topological polar surface area (TPSA) is 101 Å². The fraction of sp³-hybridized carbons (Fsp3) is 0. The third-order valence-corrected chi connectivity index (χ3v) is 2.97. The van der Waals surface area contributed by atoms with Gasteiger partial charge in [-0.15, -0.1) is 29.9 Å². The number of rotatable bonds is 3. The first-order chi connectivity index (χ1) is 7.18. The molecule has 0 saturated carbocycles. The summed E-state index contributed by atoms with van der Waals surface area (Å²) in [7, 11) is -3.62. The van der Waals surface area contributed by atoms with Gasteiger partial charge in [-0.3, -0.25) is 0 Å². The molecule has 0 unspecified atom stereocenters. The van der Waals surface area contributed by atoms with Crippen LogP contribution in [0.25, 0.3) is 0 Å². The zero-order valence-electron chi connectivity index (χ0n) is 8.27. The zero-order valence-corrected chi connectivity index (χ0v) is 10.7. The van der Waals surface area contributed by atoms with Gasteiger partial charge in [0.2, 0.25) is 0 Å². The van der Waals surface area contributed by atoms with Gasteiger partial charge in [0.15, 0.2) is 0 Å². The predicted molar refractivity (Wildman–Crippen MR) is 65.9 cm³/mol. The summed E-state index contributed by atoms with van der Waals surface area (Å²) in [5, 5.41) is 12.4. The fourth-order valence-electron chi connectivity index (χ4n) is 0.984. The van der Waals surface area contributed by atoms with Gasteiger partial charge in [-0.25, -0.2) is 13.1 Å². The number of hydrogen-bond donors (Lipinski definition) is 2. The zero-order chi connectivity index (χ0) is 10.7. The van der Waals surface area contributed by atoms with Gasteiger partial charge in [-0.2, -0.15) is 5.21 Å². The molecular weight excluding hydrogens is 289 g/mol. The molecule has 1 aromatic heterocycles. The molecule has 0 bridgehead atoms. The fourth-order valence-corrected chi connectivity index (χ4v) is 1.94. The summed E-state index contributed by atoms with van der Waals surface area (Å²) in [4.78, 5) is 0.148. The third-order valence-electron chi connectivity index (χ3n) is 1.62. The largest absolute Gasteiger partial charge is 0.276 e. The summed E-state index contributed by atoms with van der Waals surface area (Å²) < 4.78 is 25.5. The summed E-state index contributed by atoms with van der Waals surface area (Å²) >= 11 is 0. The second-order valence-corrected chi connectivity index (χ2v) is 4.34. The van der Waals surface area contributed by atoms with Gasteiger partial charge >= 0.3 is 0 Å². The number of anilines is 1. The van der Waals surface area contributed by atoms with Crippen LogP contribution >= 0.6 is 24.8 Å². The molecule has 0 aliphatic carbocycles. The van der Waals surface area contributed by atoms with E-state index >= 15 is 0 Å². The summed E-state index contributed by atoms with van der Waals surface area (Å²) in [5.74, 6) is -0.0844. The highest BCUT2D eigenvalue weighted by atomic mass is 35.5. The number of tetrazole rings is 1. The summed E-state index contributed by atoms with van der Waals surface area (Å²) in [6, 6.07) is 7.94. The van der Waals surface area contributed by atoms with Crippen molar-refractivity contribution in [3.05, 3.63) is 30.3 Å². The molecule has 0 aliphatic rings. The maximum absolute atomic E-state index is 11.7. The number of aromatic nitrogens is 4. The number of aromatic amines is 1. The molecule has 0 aliphatic heterocycles. The maximum atomic E-state index is 11.7. The van der Waals surface area contributed by atoms with Crippen LogP contribution in [0.15, 0.2) is 35.2 Å². The Morgan fingerprint density at radius 3 is 2.29 bits per heavy atom. The Bertz CT molecular complexity index is 531. The van der Waals surface area contributed by atoms with Crippen LogP contribution in [0, 0.1) is 0 Å². The Hall–Kier alpha value is -1.38. The van der Waals surface area contributed by atoms with Crippen molar-refractivity contribution in [1.82, 2.24) is 20.6 Å². The van der Waals surface area contributed by atoms with E-state index in [-0.39, 0.29) is 35.7 Å². The lowest BCUT2D eigenvalue weighted by molar-refractivity contribution is 0.601. The Morgan fingerprint density at radius 1 is 1.12 bits per heavy atom. The first-order valence-electron chi connectivity index (χ1n) is 4.00. The Kier molecular flexibility index (Phi) is 5.86. The van der Waals surface area contributed by atoms with E-state index < -0.39 is 10.0 Å². The van der Waals surface area contributed by atoms with Crippen molar-refractivity contribution in [3.8, 4) is 0 Å². The minimum Gasteiger partial charge on any atom is -0.245 e. The van der Waals surface area contributed by atoms with E-state index in [1.807, 2.05) is 0 Å². The smallest absolute Gasteiger partial charge is 0.245 e. The van der Waals surface area contributed by atoms with Gasteiger partial charge < -0.3 is 0 Å². The van der Waals surface area contributed by atoms with E-state index in [9.17, 15) is 8.42 Å². The van der Waals surface area contributed by atoms with Crippen LogP contribution in [0.1, 0.15) is 0 Å². The lowest BCUT2D eigenvalue weighted by atomic mass is 10.4. The van der Waals surface area contributed by atoms with E-state index in [0.717, 1.165) is 0 Å². The summed E-state index contributed by atoms with van der Waals surface area (Å²) in [6.45, 7) is 0. The molecule has 94 valence electrons. The average Bonchev–Trinajstić information content (AvgIpc) is 2.71. The highest BCUT2D eigenvalue weighted by Crippen LogP contribution is 2.10. The van der Waals surface area contributed by atoms with Crippen molar-refractivity contribution >= 4 is 40.8 Å². The number of hydrogen-bond acceptors (Lipinski definition) is 5. The second-order valence-electron chi connectivity index (χ2n) is 2.65. The number of nitrogens with one attached hydrogen (secondary N) is 2. The van der Waals surface area contributed by atoms with Gasteiger partial charge in [0.1, 0.15) is 0 Å². The molecule has 0 radical (unpaired) electrons. The predicted octanol–water partition coefficient (Wildman–Crippen LogP) is 0.844. The number of halogens is 2. The normalized spacial score (nSPS) is 9.88. The molecule has 2 N–H and O–H groups in total. The molecular formula is C7H9Cl2N5O2S. The van der Waals surface area contributed by atoms with Crippen LogP contribution in [0.3, 0.4) is 0 Å². The minimum atomic E-state index is -3.62. The Balaban J connectivity index is 0.00000128. The number of nitrogens with zero attached hydrogens (tertiary/aromatic N) is 3. The number of benzene rings is 1. The van der Waals surface area contributed by atoms with Crippen molar-refractivity contribution in [3.63, 3.8) is 0 Å². The Morgan fingerprint density at radius 2 is 1.76 bits per heavy atom. The van der Waals surface area contributed by atoms with Crippen molar-refractivity contribution in [2.24, 2.45) is 0 Å². The van der Waals surface area contributed by atoms with E-state index in [1.165, 1.54) is 12.1 Å². The lowest BCUT2D eigenvalue weighted by Crippen LogP contribution is -2.13. The minimum absolute atomic E-state index is 0. The molecule has 10 heteroatoms. The van der Waals surface area contributed by atoms with Crippen molar-refractivity contribution in [2.45, 2.75) is 4.90 Å². The van der Waals surface area contributed by atoms with Gasteiger partial charge in [0.05, 0.1) is 4.90 Å². The van der Waals surface area contributed by atoms with E-state index in [1.54, 1.807) is 18.2 Å². The first kappa shape index (κ1) is 15.6. The number of sulfonamides is 1. The van der Waals surface area contributed by atoms with Crippen LogP contribution in [0.4, 0.5) is 5.95 Å². The van der Waals surface area contributed by atoms with Gasteiger partial charge in [0, 0.05) is 0 Å². The molecule has 2 rings (SSSR count). The lowest BCUT2D eigenvalue weighted by Gasteiger charge is -2.02. The van der Waals surface area contributed by atoms with Gasteiger partial charge in [0.25, 0.3) is 16.0 Å². The van der Waals surface area contributed by atoms with E-state index in [0.29, 0.717) is 0 Å². The molecule has 0 fully saturated rings. The molecule has 0 atom stereocenters. The molecule has 1 heterocycles. The molecule has 2 aromatic rings. The Labute approximate surface area is 110 Å². The van der Waals surface area contributed by atoms with Crippen LogP contribution in [-0.2, 0) is 10.0 Å². The molecule has 0 spiro atoms. The van der Waals surface area contributed by atoms with Crippen molar-refractivity contribution in [2.75, 3.05) is 4.72 Å². The van der Waals surface area contributed by atoms with Crippen LogP contribution in [-0.4, -0.2) is 29.0 Å². The highest BCUT2D eigenvalue weighted by molar-refractivity contribution is 7.92. The van der Waals surface area contributed by atoms with E-state index in [2.05, 4.69) is 25.3 Å². The van der Waals surface area contributed by atoms with Gasteiger partial charge in [-0.1, -0.05) is 23.3 Å². The SMILES string of the molecule is Cl.Cl.O=S(=O)(Nc1nn[nH]n1)c1ccccc1. The highest BCUT2D eigenvalue weighted by Gasteiger charge is 2.15. The van der Waals surface area contributed by atoms with Crippen LogP contribution < -0.4 is 4.72 Å². The summed E-state index contributed by atoms with van der Waals surface area (Å²) in [6.07, 6.45) is 0. The molecule has 7 nitrogen and oxygen atoms in total. The van der Waals surface area contributed by atoms with Crippen LogP contribution in [0.5, 0.6) is 0 Å². The van der Waals surface area contributed by atoms with Crippen molar-refractivity contribution < 1.29 is 8.42 Å². The maximum Gasteiger partial charge on any atom is 0.276 e.